The summed E-state index contributed by atoms with van der Waals surface area (Å²) < 4.78 is 5.23. The molecule has 2 aliphatic rings. The zero-order valence-electron chi connectivity index (χ0n) is 8.44. The lowest BCUT2D eigenvalue weighted by molar-refractivity contribution is 0.0929. The second-order valence-corrected chi connectivity index (χ2v) is 4.58. The van der Waals surface area contributed by atoms with Crippen LogP contribution >= 0.6 is 0 Å². The fraction of sp³-hybridized carbons (Fsp3) is 1.00. The van der Waals surface area contributed by atoms with Crippen LogP contribution in [0.25, 0.3) is 0 Å². The van der Waals surface area contributed by atoms with Crippen molar-refractivity contribution in [2.24, 2.45) is 11.8 Å². The lowest BCUT2D eigenvalue weighted by atomic mass is 10.2. The third kappa shape index (κ3) is 2.03. The van der Waals surface area contributed by atoms with Crippen molar-refractivity contribution in [3.05, 3.63) is 0 Å². The molecular weight excluding hydrogens is 166 g/mol. The quantitative estimate of drug-likeness (QED) is 0.688. The summed E-state index contributed by atoms with van der Waals surface area (Å²) in [6.45, 7) is 4.61. The molecule has 13 heavy (non-hydrogen) atoms. The topological polar surface area (TPSA) is 32.7 Å². The van der Waals surface area contributed by atoms with Gasteiger partial charge in [-0.05, 0) is 25.3 Å². The first-order chi connectivity index (χ1) is 6.18. The van der Waals surface area contributed by atoms with E-state index in [0.717, 1.165) is 18.4 Å². The van der Waals surface area contributed by atoms with Gasteiger partial charge in [-0.25, -0.2) is 0 Å². The molecule has 0 spiro atoms. The Bertz CT molecular complexity index is 186. The highest BCUT2D eigenvalue weighted by Crippen LogP contribution is 2.38. The van der Waals surface area contributed by atoms with Crippen molar-refractivity contribution in [2.75, 3.05) is 26.8 Å². The molecule has 3 heteroatoms. The zero-order chi connectivity index (χ0) is 9.42. The van der Waals surface area contributed by atoms with Gasteiger partial charge in [0.15, 0.2) is 0 Å². The SMILES string of the molecule is CC1CC1CN(C)[C@@H]1COC[C@H]1O. The second-order valence-electron chi connectivity index (χ2n) is 4.58. The van der Waals surface area contributed by atoms with E-state index >= 15 is 0 Å². The summed E-state index contributed by atoms with van der Waals surface area (Å²) in [6, 6.07) is 0.229. The lowest BCUT2D eigenvalue weighted by Gasteiger charge is -2.25. The Morgan fingerprint density at radius 3 is 2.62 bits per heavy atom. The maximum Gasteiger partial charge on any atom is 0.0950 e. The van der Waals surface area contributed by atoms with Gasteiger partial charge in [-0.2, -0.15) is 0 Å². The summed E-state index contributed by atoms with van der Waals surface area (Å²) in [4.78, 5) is 2.26. The molecule has 1 N–H and O–H groups in total. The minimum atomic E-state index is -0.279. The number of aliphatic hydroxyl groups is 1. The summed E-state index contributed by atoms with van der Waals surface area (Å²) in [5.41, 5.74) is 0. The average molecular weight is 185 g/mol. The zero-order valence-corrected chi connectivity index (χ0v) is 8.44. The average Bonchev–Trinajstić information content (AvgIpc) is 2.62. The van der Waals surface area contributed by atoms with Crippen molar-refractivity contribution < 1.29 is 9.84 Å². The fourth-order valence-corrected chi connectivity index (χ4v) is 2.11. The van der Waals surface area contributed by atoms with Gasteiger partial charge < -0.3 is 9.84 Å². The number of hydrogen-bond donors (Lipinski definition) is 1. The fourth-order valence-electron chi connectivity index (χ4n) is 2.11. The van der Waals surface area contributed by atoms with E-state index in [0.29, 0.717) is 13.2 Å². The Morgan fingerprint density at radius 2 is 2.15 bits per heavy atom. The van der Waals surface area contributed by atoms with Crippen LogP contribution in [-0.2, 0) is 4.74 Å². The number of aliphatic hydroxyl groups excluding tert-OH is 1. The van der Waals surface area contributed by atoms with Gasteiger partial charge in [0.05, 0.1) is 25.4 Å². The van der Waals surface area contributed by atoms with Crippen molar-refractivity contribution in [1.82, 2.24) is 4.90 Å². The molecule has 0 aromatic heterocycles. The Kier molecular flexibility index (Phi) is 2.58. The Balaban J connectivity index is 1.78. The molecule has 2 fully saturated rings. The van der Waals surface area contributed by atoms with Crippen LogP contribution in [0.3, 0.4) is 0 Å². The third-order valence-electron chi connectivity index (χ3n) is 3.39. The van der Waals surface area contributed by atoms with Crippen LogP contribution in [0.4, 0.5) is 0 Å². The van der Waals surface area contributed by atoms with E-state index in [2.05, 4.69) is 18.9 Å². The van der Waals surface area contributed by atoms with Crippen molar-refractivity contribution >= 4 is 0 Å². The van der Waals surface area contributed by atoms with E-state index in [-0.39, 0.29) is 12.1 Å². The predicted octanol–water partition coefficient (Wildman–Crippen LogP) is 0.334. The van der Waals surface area contributed by atoms with E-state index in [1.54, 1.807) is 0 Å². The maximum absolute atomic E-state index is 9.59. The van der Waals surface area contributed by atoms with Gasteiger partial charge in [0.2, 0.25) is 0 Å². The Labute approximate surface area is 79.7 Å². The Morgan fingerprint density at radius 1 is 1.46 bits per heavy atom. The van der Waals surface area contributed by atoms with E-state index in [1.165, 1.54) is 6.42 Å². The molecule has 1 aliphatic heterocycles. The molecule has 0 radical (unpaired) electrons. The summed E-state index contributed by atoms with van der Waals surface area (Å²) in [5.74, 6) is 1.75. The highest BCUT2D eigenvalue weighted by Gasteiger charge is 2.37. The molecule has 4 atom stereocenters. The largest absolute Gasteiger partial charge is 0.389 e. The van der Waals surface area contributed by atoms with Gasteiger partial charge in [-0.3, -0.25) is 4.90 Å². The van der Waals surface area contributed by atoms with Crippen LogP contribution < -0.4 is 0 Å². The first kappa shape index (κ1) is 9.44. The molecule has 1 heterocycles. The van der Waals surface area contributed by atoms with Crippen LogP contribution in [0.1, 0.15) is 13.3 Å². The summed E-state index contributed by atoms with van der Waals surface area (Å²) >= 11 is 0. The second kappa shape index (κ2) is 3.56. The Hall–Kier alpha value is -0.120. The lowest BCUT2D eigenvalue weighted by Crippen LogP contribution is -2.41. The van der Waals surface area contributed by atoms with Crippen molar-refractivity contribution in [2.45, 2.75) is 25.5 Å². The number of rotatable bonds is 3. The molecule has 0 amide bonds. The molecule has 1 aliphatic carbocycles. The van der Waals surface area contributed by atoms with Crippen molar-refractivity contribution in [3.8, 4) is 0 Å². The summed E-state index contributed by atoms with van der Waals surface area (Å²) in [7, 11) is 2.09. The number of likely N-dealkylation sites (N-methyl/N-ethyl adjacent to an activating group) is 1. The molecule has 2 unspecified atom stereocenters. The van der Waals surface area contributed by atoms with Gasteiger partial charge in [0.25, 0.3) is 0 Å². The molecule has 0 bridgehead atoms. The summed E-state index contributed by atoms with van der Waals surface area (Å²) in [5, 5.41) is 9.59. The molecule has 3 nitrogen and oxygen atoms in total. The third-order valence-corrected chi connectivity index (χ3v) is 3.39. The number of ether oxygens (including phenoxy) is 1. The van der Waals surface area contributed by atoms with Crippen LogP contribution in [0.2, 0.25) is 0 Å². The molecule has 0 aromatic carbocycles. The number of nitrogens with zero attached hydrogens (tertiary/aromatic N) is 1. The van der Waals surface area contributed by atoms with Crippen molar-refractivity contribution in [3.63, 3.8) is 0 Å². The predicted molar refractivity (Wildman–Crippen MR) is 50.5 cm³/mol. The minimum absolute atomic E-state index is 0.229. The van der Waals surface area contributed by atoms with Crippen LogP contribution in [0.15, 0.2) is 0 Å². The summed E-state index contributed by atoms with van der Waals surface area (Å²) in [6.07, 6.45) is 1.08. The number of hydrogen-bond acceptors (Lipinski definition) is 3. The smallest absolute Gasteiger partial charge is 0.0950 e. The van der Waals surface area contributed by atoms with Crippen LogP contribution in [0, 0.1) is 11.8 Å². The first-order valence-corrected chi connectivity index (χ1v) is 5.14. The van der Waals surface area contributed by atoms with Crippen LogP contribution in [-0.4, -0.2) is 49.0 Å². The van der Waals surface area contributed by atoms with Gasteiger partial charge in [0, 0.05) is 6.54 Å². The minimum Gasteiger partial charge on any atom is -0.389 e. The van der Waals surface area contributed by atoms with Crippen molar-refractivity contribution in [1.29, 1.82) is 0 Å². The van der Waals surface area contributed by atoms with Gasteiger partial charge in [-0.15, -0.1) is 0 Å². The van der Waals surface area contributed by atoms with Gasteiger partial charge >= 0.3 is 0 Å². The highest BCUT2D eigenvalue weighted by molar-refractivity contribution is 4.89. The van der Waals surface area contributed by atoms with Gasteiger partial charge in [-0.1, -0.05) is 6.92 Å². The maximum atomic E-state index is 9.59. The standard InChI is InChI=1S/C10H19NO2/c1-7-3-8(7)4-11(2)9-5-13-6-10(9)12/h7-10,12H,3-6H2,1-2H3/t7?,8?,9-,10-/m1/s1. The molecule has 1 saturated heterocycles. The van der Waals surface area contributed by atoms with E-state index in [1.807, 2.05) is 0 Å². The van der Waals surface area contributed by atoms with E-state index in [4.69, 9.17) is 4.74 Å². The molecule has 0 aromatic rings. The monoisotopic (exact) mass is 185 g/mol. The molecule has 1 saturated carbocycles. The van der Waals surface area contributed by atoms with Crippen LogP contribution in [0.5, 0.6) is 0 Å². The molecule has 76 valence electrons. The first-order valence-electron chi connectivity index (χ1n) is 5.14. The van der Waals surface area contributed by atoms with E-state index < -0.39 is 0 Å². The normalized spacial score (nSPS) is 44.3. The molecule has 2 rings (SSSR count). The van der Waals surface area contributed by atoms with E-state index in [9.17, 15) is 5.11 Å². The van der Waals surface area contributed by atoms with Gasteiger partial charge in [0.1, 0.15) is 0 Å². The molecular formula is C10H19NO2. The highest BCUT2D eigenvalue weighted by atomic mass is 16.5.